The van der Waals surface area contributed by atoms with Gasteiger partial charge >= 0.3 is 0 Å². The van der Waals surface area contributed by atoms with E-state index in [0.717, 1.165) is 0 Å². The van der Waals surface area contributed by atoms with E-state index in [1.54, 1.807) is 12.1 Å². The van der Waals surface area contributed by atoms with Gasteiger partial charge in [-0.25, -0.2) is 0 Å². The van der Waals surface area contributed by atoms with Crippen molar-refractivity contribution in [2.24, 2.45) is 5.92 Å². The molecule has 0 bridgehead atoms. The SMILES string of the molecule is N#CC(C#N)CS. The van der Waals surface area contributed by atoms with Crippen molar-refractivity contribution in [3.8, 4) is 12.1 Å². The van der Waals surface area contributed by atoms with Gasteiger partial charge in [-0.15, -0.1) is 0 Å². The highest BCUT2D eigenvalue weighted by Gasteiger charge is 1.97. The average molecular weight is 112 g/mol. The number of hydrogen-bond acceptors (Lipinski definition) is 3. The van der Waals surface area contributed by atoms with E-state index in [1.165, 1.54) is 0 Å². The van der Waals surface area contributed by atoms with E-state index in [-0.39, 0.29) is 0 Å². The summed E-state index contributed by atoms with van der Waals surface area (Å²) in [6, 6.07) is 3.53. The average Bonchev–Trinajstić information content (AvgIpc) is 1.72. The van der Waals surface area contributed by atoms with Crippen LogP contribution in [0.25, 0.3) is 0 Å². The van der Waals surface area contributed by atoms with E-state index in [9.17, 15) is 0 Å². The van der Waals surface area contributed by atoms with E-state index in [2.05, 4.69) is 12.6 Å². The van der Waals surface area contributed by atoms with Gasteiger partial charge in [0.1, 0.15) is 5.92 Å². The summed E-state index contributed by atoms with van der Waals surface area (Å²) < 4.78 is 0. The third-order valence-electron chi connectivity index (χ3n) is 0.494. The summed E-state index contributed by atoms with van der Waals surface area (Å²) in [4.78, 5) is 0. The molecule has 0 aliphatic heterocycles. The molecule has 0 aliphatic rings. The minimum atomic E-state index is -0.539. The summed E-state index contributed by atoms with van der Waals surface area (Å²) in [6.07, 6.45) is 0. The lowest BCUT2D eigenvalue weighted by Gasteiger charge is -1.83. The second kappa shape index (κ2) is 3.52. The molecule has 0 saturated carbocycles. The predicted molar refractivity (Wildman–Crippen MR) is 28.6 cm³/mol. The van der Waals surface area contributed by atoms with Crippen molar-refractivity contribution in [3.05, 3.63) is 0 Å². The standard InChI is InChI=1S/C4H4N2S/c5-1-4(2-6)3-7/h4,7H,3H2. The van der Waals surface area contributed by atoms with Gasteiger partial charge in [0.15, 0.2) is 0 Å². The molecule has 0 aliphatic carbocycles. The van der Waals surface area contributed by atoms with Crippen LogP contribution < -0.4 is 0 Å². The Morgan fingerprint density at radius 3 is 1.86 bits per heavy atom. The van der Waals surface area contributed by atoms with E-state index in [1.807, 2.05) is 0 Å². The van der Waals surface area contributed by atoms with Crippen LogP contribution in [0.5, 0.6) is 0 Å². The Bertz CT molecular complexity index is 105. The molecular weight excluding hydrogens is 108 g/mol. The number of hydrogen-bond donors (Lipinski definition) is 1. The summed E-state index contributed by atoms with van der Waals surface area (Å²) in [7, 11) is 0. The van der Waals surface area contributed by atoms with Gasteiger partial charge in [-0.2, -0.15) is 23.2 Å². The van der Waals surface area contributed by atoms with Crippen LogP contribution in [-0.4, -0.2) is 5.75 Å². The first kappa shape index (κ1) is 6.33. The molecule has 0 aromatic heterocycles. The van der Waals surface area contributed by atoms with E-state index < -0.39 is 5.92 Å². The van der Waals surface area contributed by atoms with Crippen molar-refractivity contribution in [2.75, 3.05) is 5.75 Å². The Morgan fingerprint density at radius 1 is 1.43 bits per heavy atom. The number of nitrogens with zero attached hydrogens (tertiary/aromatic N) is 2. The van der Waals surface area contributed by atoms with Crippen molar-refractivity contribution in [3.63, 3.8) is 0 Å². The summed E-state index contributed by atoms with van der Waals surface area (Å²) in [5.74, 6) is -0.212. The highest BCUT2D eigenvalue weighted by atomic mass is 32.1. The molecule has 3 heteroatoms. The first-order valence-corrected chi connectivity index (χ1v) is 2.38. The summed E-state index contributed by atoms with van der Waals surface area (Å²) in [6.45, 7) is 0. The lowest BCUT2D eigenvalue weighted by Crippen LogP contribution is -1.91. The lowest BCUT2D eigenvalue weighted by atomic mass is 10.2. The van der Waals surface area contributed by atoms with Gasteiger partial charge < -0.3 is 0 Å². The fourth-order valence-electron chi connectivity index (χ4n) is 0.111. The zero-order valence-electron chi connectivity index (χ0n) is 3.63. The molecular formula is C4H4N2S. The van der Waals surface area contributed by atoms with Gasteiger partial charge in [0.2, 0.25) is 0 Å². The van der Waals surface area contributed by atoms with E-state index >= 15 is 0 Å². The molecule has 0 aromatic rings. The van der Waals surface area contributed by atoms with Gasteiger partial charge in [-0.3, -0.25) is 0 Å². The minimum absolute atomic E-state index is 0.326. The molecule has 0 aromatic carbocycles. The zero-order valence-corrected chi connectivity index (χ0v) is 4.52. The largest absolute Gasteiger partial charge is 0.197 e. The molecule has 0 spiro atoms. The van der Waals surface area contributed by atoms with Crippen LogP contribution in [0.4, 0.5) is 0 Å². The van der Waals surface area contributed by atoms with Crippen LogP contribution in [-0.2, 0) is 0 Å². The Morgan fingerprint density at radius 2 is 1.86 bits per heavy atom. The summed E-state index contributed by atoms with van der Waals surface area (Å²) >= 11 is 3.73. The monoisotopic (exact) mass is 112 g/mol. The van der Waals surface area contributed by atoms with Crippen molar-refractivity contribution in [1.29, 1.82) is 10.5 Å². The summed E-state index contributed by atoms with van der Waals surface area (Å²) in [5, 5.41) is 16.0. The fourth-order valence-corrected chi connectivity index (χ4v) is 0.274. The van der Waals surface area contributed by atoms with E-state index in [0.29, 0.717) is 5.75 Å². The quantitative estimate of drug-likeness (QED) is 0.504. The Kier molecular flexibility index (Phi) is 3.18. The van der Waals surface area contributed by atoms with Crippen molar-refractivity contribution < 1.29 is 0 Å². The van der Waals surface area contributed by atoms with Gasteiger partial charge in [-0.05, 0) is 0 Å². The minimum Gasteiger partial charge on any atom is -0.197 e. The highest BCUT2D eigenvalue weighted by Crippen LogP contribution is 1.91. The van der Waals surface area contributed by atoms with Crippen molar-refractivity contribution in [2.45, 2.75) is 0 Å². The van der Waals surface area contributed by atoms with Crippen LogP contribution >= 0.6 is 12.6 Å². The Hall–Kier alpha value is -0.670. The van der Waals surface area contributed by atoms with Crippen LogP contribution in [0, 0.1) is 28.6 Å². The molecule has 0 rings (SSSR count). The smallest absolute Gasteiger partial charge is 0.142 e. The third-order valence-corrected chi connectivity index (χ3v) is 0.859. The normalized spacial score (nSPS) is 7.43. The molecule has 36 valence electrons. The maximum absolute atomic E-state index is 8.00. The van der Waals surface area contributed by atoms with Gasteiger partial charge in [0.25, 0.3) is 0 Å². The maximum Gasteiger partial charge on any atom is 0.142 e. The van der Waals surface area contributed by atoms with Crippen molar-refractivity contribution in [1.82, 2.24) is 0 Å². The lowest BCUT2D eigenvalue weighted by molar-refractivity contribution is 0.993. The first-order chi connectivity index (χ1) is 3.35. The Labute approximate surface area is 47.8 Å². The first-order valence-electron chi connectivity index (χ1n) is 1.75. The fraction of sp³-hybridized carbons (Fsp3) is 0.500. The summed E-state index contributed by atoms with van der Waals surface area (Å²) in [5.41, 5.74) is 0. The molecule has 0 fully saturated rings. The van der Waals surface area contributed by atoms with Gasteiger partial charge in [0, 0.05) is 5.75 Å². The predicted octanol–water partition coefficient (Wildman–Crippen LogP) is 0.580. The molecule has 0 radical (unpaired) electrons. The number of thiol groups is 1. The van der Waals surface area contributed by atoms with Crippen LogP contribution in [0.1, 0.15) is 0 Å². The molecule has 0 unspecified atom stereocenters. The Balaban J connectivity index is 3.50. The zero-order chi connectivity index (χ0) is 5.70. The number of rotatable bonds is 1. The topological polar surface area (TPSA) is 47.6 Å². The van der Waals surface area contributed by atoms with Gasteiger partial charge in [-0.1, -0.05) is 0 Å². The maximum atomic E-state index is 8.00. The molecule has 0 heterocycles. The number of nitriles is 2. The molecule has 0 amide bonds. The third kappa shape index (κ3) is 2.08. The van der Waals surface area contributed by atoms with Crippen LogP contribution in [0.3, 0.4) is 0 Å². The molecule has 0 saturated heterocycles. The van der Waals surface area contributed by atoms with Gasteiger partial charge in [0.05, 0.1) is 12.1 Å². The van der Waals surface area contributed by atoms with Crippen LogP contribution in [0.15, 0.2) is 0 Å². The molecule has 0 atom stereocenters. The second-order valence-electron chi connectivity index (χ2n) is 0.993. The highest BCUT2D eigenvalue weighted by molar-refractivity contribution is 7.80. The van der Waals surface area contributed by atoms with E-state index in [4.69, 9.17) is 10.5 Å². The van der Waals surface area contributed by atoms with Crippen LogP contribution in [0.2, 0.25) is 0 Å². The molecule has 0 N–H and O–H groups in total. The molecule has 7 heavy (non-hydrogen) atoms. The second-order valence-corrected chi connectivity index (χ2v) is 1.36. The van der Waals surface area contributed by atoms with Crippen molar-refractivity contribution >= 4 is 12.6 Å². The molecule has 2 nitrogen and oxygen atoms in total.